The van der Waals surface area contributed by atoms with Crippen LogP contribution >= 0.6 is 0 Å². The Bertz CT molecular complexity index is 314. The average molecular weight is 207 g/mol. The van der Waals surface area contributed by atoms with Crippen molar-refractivity contribution in [2.24, 2.45) is 5.41 Å². The maximum Gasteiger partial charge on any atom is 0.123 e. The fraction of sp³-hybridized carbons (Fsp3) is 0.538. The van der Waals surface area contributed by atoms with Crippen molar-refractivity contribution < 1.29 is 4.39 Å². The number of rotatable bonds is 5. The van der Waals surface area contributed by atoms with Crippen LogP contribution in [0.25, 0.3) is 0 Å². The molecule has 0 heterocycles. The van der Waals surface area contributed by atoms with Gasteiger partial charge in [-0.15, -0.1) is 0 Å². The van der Waals surface area contributed by atoms with Gasteiger partial charge in [0.05, 0.1) is 0 Å². The summed E-state index contributed by atoms with van der Waals surface area (Å²) in [6.45, 7) is 4.20. The zero-order valence-corrected chi connectivity index (χ0v) is 9.22. The van der Waals surface area contributed by atoms with Gasteiger partial charge in [0.2, 0.25) is 0 Å². The molecule has 1 aliphatic carbocycles. The number of nitrogens with one attached hydrogen (secondary N) is 1. The van der Waals surface area contributed by atoms with Gasteiger partial charge >= 0.3 is 0 Å². The second kappa shape index (κ2) is 4.31. The molecule has 0 aromatic heterocycles. The molecule has 1 aliphatic rings. The summed E-state index contributed by atoms with van der Waals surface area (Å²) >= 11 is 0. The predicted octanol–water partition coefficient (Wildman–Crippen LogP) is 3.11. The van der Waals surface area contributed by atoms with E-state index in [1.807, 2.05) is 12.1 Å². The van der Waals surface area contributed by atoms with E-state index >= 15 is 0 Å². The van der Waals surface area contributed by atoms with Crippen molar-refractivity contribution in [3.05, 3.63) is 35.6 Å². The zero-order valence-electron chi connectivity index (χ0n) is 9.22. The van der Waals surface area contributed by atoms with Gasteiger partial charge in [0, 0.05) is 13.1 Å². The highest BCUT2D eigenvalue weighted by molar-refractivity contribution is 5.15. The second-order valence-corrected chi connectivity index (χ2v) is 4.58. The second-order valence-electron chi connectivity index (χ2n) is 4.58. The smallest absolute Gasteiger partial charge is 0.123 e. The predicted molar refractivity (Wildman–Crippen MR) is 60.1 cm³/mol. The van der Waals surface area contributed by atoms with Gasteiger partial charge < -0.3 is 5.32 Å². The Labute approximate surface area is 90.7 Å². The maximum atomic E-state index is 12.6. The number of hydrogen-bond acceptors (Lipinski definition) is 1. The molecule has 1 aromatic carbocycles. The fourth-order valence-electron chi connectivity index (χ4n) is 1.91. The van der Waals surface area contributed by atoms with Crippen LogP contribution in [0, 0.1) is 11.2 Å². The molecule has 0 unspecified atom stereocenters. The summed E-state index contributed by atoms with van der Waals surface area (Å²) in [5, 5.41) is 3.45. The van der Waals surface area contributed by atoms with Crippen molar-refractivity contribution in [1.82, 2.24) is 5.32 Å². The quantitative estimate of drug-likeness (QED) is 0.782. The summed E-state index contributed by atoms with van der Waals surface area (Å²) in [6.07, 6.45) is 3.99. The topological polar surface area (TPSA) is 12.0 Å². The first-order chi connectivity index (χ1) is 7.24. The fourth-order valence-corrected chi connectivity index (χ4v) is 1.91. The molecule has 0 amide bonds. The third-order valence-corrected chi connectivity index (χ3v) is 3.45. The number of benzene rings is 1. The molecular weight excluding hydrogens is 189 g/mol. The van der Waals surface area contributed by atoms with Crippen LogP contribution in [0.1, 0.15) is 31.7 Å². The molecule has 0 spiro atoms. The molecule has 1 fully saturated rings. The van der Waals surface area contributed by atoms with Crippen LogP contribution in [0.3, 0.4) is 0 Å². The van der Waals surface area contributed by atoms with Gasteiger partial charge in [-0.05, 0) is 42.4 Å². The summed E-state index contributed by atoms with van der Waals surface area (Å²) in [7, 11) is 0. The molecule has 15 heavy (non-hydrogen) atoms. The van der Waals surface area contributed by atoms with E-state index < -0.39 is 0 Å². The average Bonchev–Trinajstić information content (AvgIpc) is 3.02. The Morgan fingerprint density at radius 2 is 1.93 bits per heavy atom. The lowest BCUT2D eigenvalue weighted by molar-refractivity contribution is 0.443. The first-order valence-corrected chi connectivity index (χ1v) is 5.69. The maximum absolute atomic E-state index is 12.6. The van der Waals surface area contributed by atoms with Crippen LogP contribution in [0.15, 0.2) is 24.3 Å². The lowest BCUT2D eigenvalue weighted by atomic mass is 10.0. The Balaban J connectivity index is 1.76. The summed E-state index contributed by atoms with van der Waals surface area (Å²) < 4.78 is 12.6. The van der Waals surface area contributed by atoms with Crippen molar-refractivity contribution in [1.29, 1.82) is 0 Å². The molecule has 2 heteroatoms. The van der Waals surface area contributed by atoms with Crippen molar-refractivity contribution in [3.8, 4) is 0 Å². The van der Waals surface area contributed by atoms with E-state index in [4.69, 9.17) is 0 Å². The summed E-state index contributed by atoms with van der Waals surface area (Å²) in [5.41, 5.74) is 1.74. The van der Waals surface area contributed by atoms with Gasteiger partial charge in [0.15, 0.2) is 0 Å². The molecule has 0 saturated heterocycles. The molecule has 0 bridgehead atoms. The molecule has 1 nitrogen and oxygen atoms in total. The summed E-state index contributed by atoms with van der Waals surface area (Å²) in [6, 6.07) is 6.72. The molecule has 1 saturated carbocycles. The van der Waals surface area contributed by atoms with Gasteiger partial charge in [0.25, 0.3) is 0 Å². The monoisotopic (exact) mass is 207 g/mol. The van der Waals surface area contributed by atoms with E-state index in [0.717, 1.165) is 18.7 Å². The Morgan fingerprint density at radius 3 is 2.47 bits per heavy atom. The van der Waals surface area contributed by atoms with Gasteiger partial charge in [-0.2, -0.15) is 0 Å². The Morgan fingerprint density at radius 1 is 1.27 bits per heavy atom. The minimum atomic E-state index is -0.161. The third kappa shape index (κ3) is 2.78. The highest BCUT2D eigenvalue weighted by Crippen LogP contribution is 2.47. The molecule has 1 aromatic rings. The minimum absolute atomic E-state index is 0.161. The lowest BCUT2D eigenvalue weighted by Gasteiger charge is -2.13. The standard InChI is InChI=1S/C13H18FN/c1-2-13(7-8-13)10-15-9-11-3-5-12(14)6-4-11/h3-6,15H,2,7-10H2,1H3. The Hall–Kier alpha value is -0.890. The van der Waals surface area contributed by atoms with Crippen LogP contribution in [0.4, 0.5) is 4.39 Å². The van der Waals surface area contributed by atoms with Gasteiger partial charge in [-0.25, -0.2) is 4.39 Å². The molecule has 0 aliphatic heterocycles. The van der Waals surface area contributed by atoms with Gasteiger partial charge in [0.1, 0.15) is 5.82 Å². The van der Waals surface area contributed by atoms with Crippen molar-refractivity contribution in [3.63, 3.8) is 0 Å². The van der Waals surface area contributed by atoms with Crippen LogP contribution in [-0.4, -0.2) is 6.54 Å². The molecule has 0 atom stereocenters. The van der Waals surface area contributed by atoms with E-state index in [1.165, 1.54) is 31.4 Å². The van der Waals surface area contributed by atoms with Crippen LogP contribution in [0.5, 0.6) is 0 Å². The number of halogens is 1. The lowest BCUT2D eigenvalue weighted by Crippen LogP contribution is -2.23. The van der Waals surface area contributed by atoms with Crippen LogP contribution in [-0.2, 0) is 6.54 Å². The highest BCUT2D eigenvalue weighted by atomic mass is 19.1. The summed E-state index contributed by atoms with van der Waals surface area (Å²) in [4.78, 5) is 0. The first kappa shape index (κ1) is 10.6. The van der Waals surface area contributed by atoms with E-state index in [2.05, 4.69) is 12.2 Å². The van der Waals surface area contributed by atoms with E-state index in [0.29, 0.717) is 5.41 Å². The summed E-state index contributed by atoms with van der Waals surface area (Å²) in [5.74, 6) is -0.161. The van der Waals surface area contributed by atoms with Crippen molar-refractivity contribution in [2.45, 2.75) is 32.7 Å². The molecule has 1 N–H and O–H groups in total. The molecular formula is C13H18FN. The molecule has 82 valence electrons. The van der Waals surface area contributed by atoms with Crippen LogP contribution in [0.2, 0.25) is 0 Å². The van der Waals surface area contributed by atoms with Gasteiger partial charge in [-0.3, -0.25) is 0 Å². The number of hydrogen-bond donors (Lipinski definition) is 1. The Kier molecular flexibility index (Phi) is 3.06. The molecule has 0 radical (unpaired) electrons. The SMILES string of the molecule is CCC1(CNCc2ccc(F)cc2)CC1. The normalized spacial score (nSPS) is 17.7. The largest absolute Gasteiger partial charge is 0.312 e. The van der Waals surface area contributed by atoms with Crippen LogP contribution < -0.4 is 5.32 Å². The minimum Gasteiger partial charge on any atom is -0.312 e. The van der Waals surface area contributed by atoms with E-state index in [9.17, 15) is 4.39 Å². The van der Waals surface area contributed by atoms with Crippen molar-refractivity contribution >= 4 is 0 Å². The van der Waals surface area contributed by atoms with E-state index in [1.54, 1.807) is 0 Å². The zero-order chi connectivity index (χ0) is 10.7. The van der Waals surface area contributed by atoms with E-state index in [-0.39, 0.29) is 5.82 Å². The molecule has 2 rings (SSSR count). The highest BCUT2D eigenvalue weighted by Gasteiger charge is 2.39. The first-order valence-electron chi connectivity index (χ1n) is 5.69. The third-order valence-electron chi connectivity index (χ3n) is 3.45. The van der Waals surface area contributed by atoms with Gasteiger partial charge in [-0.1, -0.05) is 19.1 Å². The van der Waals surface area contributed by atoms with Crippen molar-refractivity contribution in [2.75, 3.05) is 6.54 Å².